The molecule has 3 saturated heterocycles. The number of hydrogen-bond donors (Lipinski definition) is 0. The van der Waals surface area contributed by atoms with E-state index in [0.29, 0.717) is 31.0 Å². The second-order valence-electron chi connectivity index (χ2n) is 7.70. The quantitative estimate of drug-likeness (QED) is 0.749. The van der Waals surface area contributed by atoms with Crippen LogP contribution >= 0.6 is 11.6 Å². The van der Waals surface area contributed by atoms with Crippen molar-refractivity contribution in [3.8, 4) is 5.75 Å². The zero-order valence-electron chi connectivity index (χ0n) is 14.9. The van der Waals surface area contributed by atoms with Crippen molar-refractivity contribution >= 4 is 11.6 Å². The van der Waals surface area contributed by atoms with Gasteiger partial charge < -0.3 is 18.9 Å². The van der Waals surface area contributed by atoms with Crippen LogP contribution in [0.25, 0.3) is 0 Å². The van der Waals surface area contributed by atoms with Crippen molar-refractivity contribution < 1.29 is 18.9 Å². The number of likely N-dealkylation sites (tertiary alicyclic amines) is 1. The van der Waals surface area contributed by atoms with Crippen LogP contribution in [0.15, 0.2) is 6.07 Å². The molecule has 0 bridgehead atoms. The zero-order chi connectivity index (χ0) is 17.6. The highest BCUT2D eigenvalue weighted by molar-refractivity contribution is 6.29. The summed E-state index contributed by atoms with van der Waals surface area (Å²) < 4.78 is 23.5. The van der Waals surface area contributed by atoms with Gasteiger partial charge in [0.25, 0.3) is 0 Å². The minimum absolute atomic E-state index is 0.221. The normalized spacial score (nSPS) is 30.3. The Balaban J connectivity index is 1.32. The van der Waals surface area contributed by atoms with Gasteiger partial charge in [-0.2, -0.15) is 0 Å². The molecule has 5 heterocycles. The highest BCUT2D eigenvalue weighted by atomic mass is 35.5. The monoisotopic (exact) mass is 380 g/mol. The van der Waals surface area contributed by atoms with E-state index in [-0.39, 0.29) is 6.10 Å². The first-order chi connectivity index (χ1) is 12.7. The Morgan fingerprint density at radius 2 is 2.00 bits per heavy atom. The number of aromatic nitrogens is 1. The molecular weight excluding hydrogens is 356 g/mol. The molecule has 0 aromatic carbocycles. The molecule has 0 radical (unpaired) electrons. The fraction of sp³-hybridized carbons (Fsp3) is 0.737. The molecule has 26 heavy (non-hydrogen) atoms. The van der Waals surface area contributed by atoms with E-state index in [1.807, 2.05) is 6.07 Å². The average molecular weight is 381 g/mol. The highest BCUT2D eigenvalue weighted by Crippen LogP contribution is 2.43. The van der Waals surface area contributed by atoms with Crippen molar-refractivity contribution in [1.29, 1.82) is 0 Å². The van der Waals surface area contributed by atoms with E-state index < -0.39 is 5.60 Å². The molecule has 4 aliphatic heterocycles. The Hall–Kier alpha value is -0.920. The Morgan fingerprint density at radius 1 is 1.15 bits per heavy atom. The van der Waals surface area contributed by atoms with Gasteiger partial charge in [-0.15, -0.1) is 0 Å². The first-order valence-electron chi connectivity index (χ1n) is 9.64. The minimum Gasteiger partial charge on any atom is -0.487 e. The number of ether oxygens (including phenoxy) is 4. The average Bonchev–Trinajstić information content (AvgIpc) is 3.08. The Bertz CT molecular complexity index is 668. The minimum atomic E-state index is -0.440. The molecule has 4 aliphatic rings. The van der Waals surface area contributed by atoms with E-state index in [2.05, 4.69) is 9.88 Å². The van der Waals surface area contributed by atoms with Gasteiger partial charge in [-0.05, 0) is 12.8 Å². The van der Waals surface area contributed by atoms with Crippen LogP contribution < -0.4 is 4.74 Å². The zero-order valence-corrected chi connectivity index (χ0v) is 15.7. The van der Waals surface area contributed by atoms with E-state index in [4.69, 9.17) is 30.5 Å². The highest BCUT2D eigenvalue weighted by Gasteiger charge is 2.45. The van der Waals surface area contributed by atoms with Gasteiger partial charge in [0.05, 0.1) is 18.9 Å². The number of nitrogens with zero attached hydrogens (tertiary/aromatic N) is 2. The summed E-state index contributed by atoms with van der Waals surface area (Å²) in [6.45, 7) is 5.64. The lowest BCUT2D eigenvalue weighted by Gasteiger charge is -2.45. The standard InChI is InChI=1S/C19H25ClN2O4/c20-17-9-16(26-14-10-22(11-14)13-1-5-23-6-2-13)15-3-7-25-19(18(15)21-17)4-8-24-12-19/h9,13-14H,1-8,10-12H2. The molecule has 6 nitrogen and oxygen atoms in total. The second-order valence-corrected chi connectivity index (χ2v) is 8.09. The summed E-state index contributed by atoms with van der Waals surface area (Å²) in [6.07, 6.45) is 4.12. The fourth-order valence-corrected chi connectivity index (χ4v) is 4.76. The number of rotatable bonds is 3. The van der Waals surface area contributed by atoms with E-state index >= 15 is 0 Å². The first kappa shape index (κ1) is 17.2. The van der Waals surface area contributed by atoms with Crippen LogP contribution in [0.4, 0.5) is 0 Å². The van der Waals surface area contributed by atoms with E-state index in [9.17, 15) is 0 Å². The lowest BCUT2D eigenvalue weighted by Crippen LogP contribution is -2.58. The second kappa shape index (κ2) is 6.91. The molecule has 1 spiro atoms. The SMILES string of the molecule is Clc1cc(OC2CN(C3CCOCC3)C2)c2c(n1)C1(CCOC1)OCC2. The largest absolute Gasteiger partial charge is 0.487 e. The summed E-state index contributed by atoms with van der Waals surface area (Å²) in [7, 11) is 0. The van der Waals surface area contributed by atoms with Crippen LogP contribution in [0.5, 0.6) is 5.75 Å². The summed E-state index contributed by atoms with van der Waals surface area (Å²) in [5.74, 6) is 0.881. The molecule has 1 aromatic rings. The van der Waals surface area contributed by atoms with E-state index in [1.165, 1.54) is 0 Å². The molecule has 0 saturated carbocycles. The predicted molar refractivity (Wildman–Crippen MR) is 95.8 cm³/mol. The third-order valence-corrected chi connectivity index (χ3v) is 6.27. The third kappa shape index (κ3) is 3.02. The lowest BCUT2D eigenvalue weighted by atomic mass is 9.90. The summed E-state index contributed by atoms with van der Waals surface area (Å²) >= 11 is 6.33. The van der Waals surface area contributed by atoms with Crippen molar-refractivity contribution in [2.45, 2.75) is 43.4 Å². The van der Waals surface area contributed by atoms with Gasteiger partial charge >= 0.3 is 0 Å². The van der Waals surface area contributed by atoms with Gasteiger partial charge in [0.2, 0.25) is 0 Å². The predicted octanol–water partition coefficient (Wildman–Crippen LogP) is 2.17. The van der Waals surface area contributed by atoms with Gasteiger partial charge in [0.1, 0.15) is 22.6 Å². The molecule has 1 unspecified atom stereocenters. The van der Waals surface area contributed by atoms with Crippen LogP contribution in [-0.4, -0.2) is 68.2 Å². The maximum atomic E-state index is 6.36. The molecule has 5 rings (SSSR count). The summed E-state index contributed by atoms with van der Waals surface area (Å²) in [4.78, 5) is 7.12. The van der Waals surface area contributed by atoms with Crippen LogP contribution in [0, 0.1) is 0 Å². The van der Waals surface area contributed by atoms with Crippen LogP contribution in [0.2, 0.25) is 5.15 Å². The molecular formula is C19H25ClN2O4. The van der Waals surface area contributed by atoms with Gasteiger partial charge in [-0.1, -0.05) is 11.6 Å². The van der Waals surface area contributed by atoms with Crippen molar-refractivity contribution in [2.24, 2.45) is 0 Å². The van der Waals surface area contributed by atoms with Gasteiger partial charge in [0, 0.05) is 63.4 Å². The van der Waals surface area contributed by atoms with E-state index in [0.717, 1.165) is 69.0 Å². The third-order valence-electron chi connectivity index (χ3n) is 6.08. The van der Waals surface area contributed by atoms with Gasteiger partial charge in [-0.3, -0.25) is 4.90 Å². The maximum Gasteiger partial charge on any atom is 0.136 e. The molecule has 7 heteroatoms. The fourth-order valence-electron chi connectivity index (χ4n) is 4.58. The molecule has 1 atom stereocenters. The Morgan fingerprint density at radius 3 is 2.77 bits per heavy atom. The molecule has 3 fully saturated rings. The molecule has 1 aromatic heterocycles. The topological polar surface area (TPSA) is 53.1 Å². The van der Waals surface area contributed by atoms with Crippen LogP contribution in [0.1, 0.15) is 30.5 Å². The smallest absolute Gasteiger partial charge is 0.136 e. The van der Waals surface area contributed by atoms with Crippen molar-refractivity contribution in [2.75, 3.05) is 46.1 Å². The molecule has 0 aliphatic carbocycles. The lowest BCUT2D eigenvalue weighted by molar-refractivity contribution is -0.0689. The van der Waals surface area contributed by atoms with Crippen molar-refractivity contribution in [1.82, 2.24) is 9.88 Å². The molecule has 142 valence electrons. The first-order valence-corrected chi connectivity index (χ1v) is 10.0. The Labute approximate surface area is 158 Å². The summed E-state index contributed by atoms with van der Waals surface area (Å²) in [5, 5.41) is 0.469. The van der Waals surface area contributed by atoms with Crippen LogP contribution in [-0.2, 0) is 26.2 Å². The number of hydrogen-bond acceptors (Lipinski definition) is 6. The van der Waals surface area contributed by atoms with E-state index in [1.54, 1.807) is 0 Å². The number of halogens is 1. The number of pyridine rings is 1. The van der Waals surface area contributed by atoms with Gasteiger partial charge in [0.15, 0.2) is 0 Å². The van der Waals surface area contributed by atoms with Crippen molar-refractivity contribution in [3.05, 3.63) is 22.5 Å². The summed E-state index contributed by atoms with van der Waals surface area (Å²) in [6, 6.07) is 2.51. The Kier molecular flexibility index (Phi) is 4.57. The van der Waals surface area contributed by atoms with Crippen LogP contribution in [0.3, 0.4) is 0 Å². The molecule has 0 amide bonds. The molecule has 0 N–H and O–H groups in total. The maximum absolute atomic E-state index is 6.36. The summed E-state index contributed by atoms with van der Waals surface area (Å²) in [5.41, 5.74) is 1.63. The number of fused-ring (bicyclic) bond motifs is 2. The van der Waals surface area contributed by atoms with Crippen molar-refractivity contribution in [3.63, 3.8) is 0 Å². The van der Waals surface area contributed by atoms with Gasteiger partial charge in [-0.25, -0.2) is 4.98 Å².